The van der Waals surface area contributed by atoms with Gasteiger partial charge in [-0.15, -0.1) is 0 Å². The van der Waals surface area contributed by atoms with Crippen molar-refractivity contribution < 1.29 is 9.90 Å². The molecule has 0 unspecified atom stereocenters. The van der Waals surface area contributed by atoms with Gasteiger partial charge in [0.15, 0.2) is 0 Å². The minimum atomic E-state index is -0.812. The van der Waals surface area contributed by atoms with Crippen LogP contribution in [0.2, 0.25) is 0 Å². The zero-order chi connectivity index (χ0) is 12.3. The van der Waals surface area contributed by atoms with Crippen LogP contribution in [0.5, 0.6) is 0 Å². The fourth-order valence-corrected chi connectivity index (χ4v) is 2.36. The summed E-state index contributed by atoms with van der Waals surface area (Å²) in [5.41, 5.74) is 0. The van der Waals surface area contributed by atoms with Crippen LogP contribution in [-0.2, 0) is 4.79 Å². The van der Waals surface area contributed by atoms with Gasteiger partial charge < -0.3 is 10.0 Å². The second-order valence-corrected chi connectivity index (χ2v) is 4.42. The summed E-state index contributed by atoms with van der Waals surface area (Å²) in [5, 5.41) is 8.99. The second kappa shape index (κ2) is 5.12. The molecule has 0 atom stereocenters. The van der Waals surface area contributed by atoms with Gasteiger partial charge in [0.2, 0.25) is 0 Å². The maximum absolute atomic E-state index is 10.9. The van der Waals surface area contributed by atoms with E-state index in [-0.39, 0.29) is 6.54 Å². The smallest absolute Gasteiger partial charge is 0.323 e. The van der Waals surface area contributed by atoms with Gasteiger partial charge in [-0.2, -0.15) is 0 Å². The van der Waals surface area contributed by atoms with Gasteiger partial charge in [-0.3, -0.25) is 4.79 Å². The molecule has 5 heteroatoms. The Morgan fingerprint density at radius 3 is 2.82 bits per heavy atom. The molecule has 0 amide bonds. The molecule has 1 heterocycles. The van der Waals surface area contributed by atoms with Gasteiger partial charge in [-0.1, -0.05) is 12.8 Å². The Kier molecular flexibility index (Phi) is 3.56. The van der Waals surface area contributed by atoms with Crippen molar-refractivity contribution in [3.05, 3.63) is 18.1 Å². The zero-order valence-corrected chi connectivity index (χ0v) is 9.96. The highest BCUT2D eigenvalue weighted by Crippen LogP contribution is 2.26. The predicted molar refractivity (Wildman–Crippen MR) is 64.0 cm³/mol. The molecule has 1 fully saturated rings. The largest absolute Gasteiger partial charge is 0.480 e. The van der Waals surface area contributed by atoms with E-state index in [0.717, 1.165) is 18.7 Å². The second-order valence-electron chi connectivity index (χ2n) is 4.42. The van der Waals surface area contributed by atoms with E-state index in [1.54, 1.807) is 12.3 Å². The number of rotatable bonds is 4. The summed E-state index contributed by atoms with van der Waals surface area (Å²) in [4.78, 5) is 21.2. The Morgan fingerprint density at radius 2 is 2.24 bits per heavy atom. The first-order valence-corrected chi connectivity index (χ1v) is 5.95. The number of hydrogen-bond acceptors (Lipinski definition) is 4. The first kappa shape index (κ1) is 11.8. The van der Waals surface area contributed by atoms with Crippen LogP contribution in [0.4, 0.5) is 5.82 Å². The molecule has 0 aliphatic heterocycles. The number of anilines is 1. The first-order valence-electron chi connectivity index (χ1n) is 5.95. The highest BCUT2D eigenvalue weighted by atomic mass is 16.4. The molecule has 0 radical (unpaired) electrons. The molecule has 1 aliphatic carbocycles. The summed E-state index contributed by atoms with van der Waals surface area (Å²) >= 11 is 0. The summed E-state index contributed by atoms with van der Waals surface area (Å²) in [7, 11) is 0. The molecule has 1 N–H and O–H groups in total. The van der Waals surface area contributed by atoms with E-state index in [2.05, 4.69) is 9.97 Å². The van der Waals surface area contributed by atoms with Crippen LogP contribution in [0.3, 0.4) is 0 Å². The van der Waals surface area contributed by atoms with E-state index < -0.39 is 5.97 Å². The lowest BCUT2D eigenvalue weighted by atomic mass is 10.2. The molecule has 1 aromatic heterocycles. The number of hydrogen-bond donors (Lipinski definition) is 1. The Labute approximate surface area is 100 Å². The fourth-order valence-electron chi connectivity index (χ4n) is 2.36. The van der Waals surface area contributed by atoms with Gasteiger partial charge in [0, 0.05) is 12.2 Å². The molecule has 0 bridgehead atoms. The average Bonchev–Trinajstić information content (AvgIpc) is 2.79. The maximum Gasteiger partial charge on any atom is 0.323 e. The molecule has 0 saturated heterocycles. The van der Waals surface area contributed by atoms with Crippen LogP contribution in [0.15, 0.2) is 12.3 Å². The summed E-state index contributed by atoms with van der Waals surface area (Å²) in [5.74, 6) is 0.593. The van der Waals surface area contributed by atoms with Crippen molar-refractivity contribution in [2.24, 2.45) is 0 Å². The monoisotopic (exact) mass is 235 g/mol. The van der Waals surface area contributed by atoms with Crippen molar-refractivity contribution in [3.8, 4) is 0 Å². The predicted octanol–water partition coefficient (Wildman–Crippen LogP) is 1.62. The van der Waals surface area contributed by atoms with Crippen molar-refractivity contribution in [1.82, 2.24) is 9.97 Å². The molecule has 5 nitrogen and oxygen atoms in total. The molecule has 1 aromatic rings. The summed E-state index contributed by atoms with van der Waals surface area (Å²) in [6, 6.07) is 2.09. The van der Waals surface area contributed by atoms with Crippen LogP contribution in [0, 0.1) is 6.92 Å². The van der Waals surface area contributed by atoms with E-state index in [4.69, 9.17) is 5.11 Å². The fraction of sp³-hybridized carbons (Fsp3) is 0.583. The number of carboxylic acids is 1. The molecule has 0 spiro atoms. The Balaban J connectivity index is 2.22. The highest BCUT2D eigenvalue weighted by molar-refractivity contribution is 5.73. The molecule has 2 rings (SSSR count). The molecule has 1 saturated carbocycles. The third kappa shape index (κ3) is 2.93. The van der Waals surface area contributed by atoms with Crippen LogP contribution < -0.4 is 4.90 Å². The van der Waals surface area contributed by atoms with Gasteiger partial charge in [0.05, 0.1) is 0 Å². The van der Waals surface area contributed by atoms with Crippen LogP contribution in [0.25, 0.3) is 0 Å². The van der Waals surface area contributed by atoms with Crippen molar-refractivity contribution >= 4 is 11.8 Å². The number of nitrogens with zero attached hydrogens (tertiary/aromatic N) is 3. The third-order valence-corrected chi connectivity index (χ3v) is 3.13. The van der Waals surface area contributed by atoms with Crippen LogP contribution in [0.1, 0.15) is 31.5 Å². The summed E-state index contributed by atoms with van der Waals surface area (Å²) in [6.07, 6.45) is 6.13. The molecular weight excluding hydrogens is 218 g/mol. The van der Waals surface area contributed by atoms with Crippen molar-refractivity contribution in [3.63, 3.8) is 0 Å². The number of carboxylic acid groups (broad SMARTS) is 1. The molecule has 92 valence electrons. The molecular formula is C12H17N3O2. The first-order chi connectivity index (χ1) is 8.16. The summed E-state index contributed by atoms with van der Waals surface area (Å²) < 4.78 is 0. The Morgan fingerprint density at radius 1 is 1.53 bits per heavy atom. The third-order valence-electron chi connectivity index (χ3n) is 3.13. The van der Waals surface area contributed by atoms with Crippen molar-refractivity contribution in [1.29, 1.82) is 0 Å². The van der Waals surface area contributed by atoms with Gasteiger partial charge >= 0.3 is 5.97 Å². The minimum Gasteiger partial charge on any atom is -0.480 e. The maximum atomic E-state index is 10.9. The van der Waals surface area contributed by atoms with Gasteiger partial charge in [0.1, 0.15) is 18.2 Å². The topological polar surface area (TPSA) is 66.3 Å². The lowest BCUT2D eigenvalue weighted by Crippen LogP contribution is -2.38. The van der Waals surface area contributed by atoms with Crippen LogP contribution >= 0.6 is 0 Å². The van der Waals surface area contributed by atoms with E-state index >= 15 is 0 Å². The Hall–Kier alpha value is -1.65. The molecule has 17 heavy (non-hydrogen) atoms. The van der Waals surface area contributed by atoms with E-state index in [1.165, 1.54) is 12.8 Å². The highest BCUT2D eigenvalue weighted by Gasteiger charge is 2.25. The van der Waals surface area contributed by atoms with Gasteiger partial charge in [-0.25, -0.2) is 9.97 Å². The number of carbonyl (C=O) groups is 1. The summed E-state index contributed by atoms with van der Waals surface area (Å²) in [6.45, 7) is 1.83. The quantitative estimate of drug-likeness (QED) is 0.859. The lowest BCUT2D eigenvalue weighted by molar-refractivity contribution is -0.135. The normalized spacial score (nSPS) is 16.1. The number of aromatic nitrogens is 2. The average molecular weight is 235 g/mol. The van der Waals surface area contributed by atoms with Crippen molar-refractivity contribution in [2.75, 3.05) is 11.4 Å². The van der Waals surface area contributed by atoms with E-state index in [1.807, 2.05) is 11.8 Å². The molecule has 1 aliphatic rings. The standard InChI is InChI=1S/C12H17N3O2/c1-9-13-7-6-11(14-9)15(8-12(16)17)10-4-2-3-5-10/h6-7,10H,2-5,8H2,1H3,(H,16,17). The van der Waals surface area contributed by atoms with Gasteiger partial charge in [-0.05, 0) is 25.8 Å². The number of aliphatic carboxylic acids is 1. The minimum absolute atomic E-state index is 0.0150. The van der Waals surface area contributed by atoms with Gasteiger partial charge in [0.25, 0.3) is 0 Å². The van der Waals surface area contributed by atoms with E-state index in [0.29, 0.717) is 11.9 Å². The SMILES string of the molecule is Cc1nccc(N(CC(=O)O)C2CCCC2)n1. The van der Waals surface area contributed by atoms with E-state index in [9.17, 15) is 4.79 Å². The Bertz CT molecular complexity index is 402. The zero-order valence-electron chi connectivity index (χ0n) is 9.96. The van der Waals surface area contributed by atoms with Crippen molar-refractivity contribution in [2.45, 2.75) is 38.6 Å². The molecule has 0 aromatic carbocycles. The lowest BCUT2D eigenvalue weighted by Gasteiger charge is -2.28. The van der Waals surface area contributed by atoms with Crippen LogP contribution in [-0.4, -0.2) is 33.6 Å². The number of aryl methyl sites for hydroxylation is 1.